The molecule has 0 atom stereocenters. The Morgan fingerprint density at radius 1 is 1.33 bits per heavy atom. The third-order valence-electron chi connectivity index (χ3n) is 2.87. The zero-order chi connectivity index (χ0) is 12.8. The molecule has 0 amide bonds. The normalized spacial score (nSPS) is 10.8. The summed E-state index contributed by atoms with van der Waals surface area (Å²) < 4.78 is 0. The number of H-pyrrole nitrogens is 1. The molecule has 5 heteroatoms. The van der Waals surface area contributed by atoms with Gasteiger partial charge in [-0.15, -0.1) is 0 Å². The van der Waals surface area contributed by atoms with Crippen LogP contribution in [-0.2, 0) is 13.0 Å². The molecule has 0 aliphatic heterocycles. The lowest BCUT2D eigenvalue weighted by molar-refractivity contribution is 0.637. The Morgan fingerprint density at radius 3 is 2.94 bits per heavy atom. The van der Waals surface area contributed by atoms with Gasteiger partial charge in [-0.25, -0.2) is 9.97 Å². The van der Waals surface area contributed by atoms with Crippen molar-refractivity contribution in [2.75, 3.05) is 6.54 Å². The van der Waals surface area contributed by atoms with Gasteiger partial charge >= 0.3 is 0 Å². The van der Waals surface area contributed by atoms with Crippen molar-refractivity contribution < 1.29 is 0 Å². The van der Waals surface area contributed by atoms with Crippen molar-refractivity contribution in [1.29, 1.82) is 0 Å². The lowest BCUT2D eigenvalue weighted by atomic mass is 10.1. The van der Waals surface area contributed by atoms with Gasteiger partial charge in [0.2, 0.25) is 0 Å². The molecular formula is C13H19N5. The molecule has 0 aromatic carbocycles. The molecule has 0 saturated heterocycles. The Bertz CT molecular complexity index is 492. The van der Waals surface area contributed by atoms with Gasteiger partial charge in [0, 0.05) is 18.4 Å². The quantitative estimate of drug-likeness (QED) is 0.758. The summed E-state index contributed by atoms with van der Waals surface area (Å²) in [4.78, 5) is 8.42. The minimum atomic E-state index is 0.799. The van der Waals surface area contributed by atoms with Crippen LogP contribution in [0.2, 0.25) is 0 Å². The van der Waals surface area contributed by atoms with Crippen LogP contribution >= 0.6 is 0 Å². The van der Waals surface area contributed by atoms with E-state index < -0.39 is 0 Å². The summed E-state index contributed by atoms with van der Waals surface area (Å²) in [5.74, 6) is 0.823. The number of aromatic amines is 1. The van der Waals surface area contributed by atoms with Crippen molar-refractivity contribution in [3.63, 3.8) is 0 Å². The van der Waals surface area contributed by atoms with E-state index in [0.29, 0.717) is 0 Å². The highest BCUT2D eigenvalue weighted by molar-refractivity contribution is 5.14. The zero-order valence-corrected chi connectivity index (χ0v) is 10.9. The van der Waals surface area contributed by atoms with E-state index in [9.17, 15) is 0 Å². The first-order chi connectivity index (χ1) is 8.75. The lowest BCUT2D eigenvalue weighted by Crippen LogP contribution is -2.16. The number of aryl methyl sites for hydroxylation is 3. The van der Waals surface area contributed by atoms with Gasteiger partial charge in [-0.1, -0.05) is 0 Å². The summed E-state index contributed by atoms with van der Waals surface area (Å²) in [7, 11) is 0. The SMILES string of the molecule is Cc1nccc(CNCCCc2cn[nH]c2C)n1. The molecule has 0 fully saturated rings. The molecule has 0 aliphatic rings. The van der Waals surface area contributed by atoms with E-state index >= 15 is 0 Å². The second-order valence-corrected chi connectivity index (χ2v) is 4.40. The topological polar surface area (TPSA) is 66.5 Å². The van der Waals surface area contributed by atoms with E-state index in [4.69, 9.17) is 0 Å². The summed E-state index contributed by atoms with van der Waals surface area (Å²) in [6.45, 7) is 5.74. The molecule has 0 bridgehead atoms. The standard InChI is InChI=1S/C13H19N5/c1-10-12(8-16-18-10)4-3-6-14-9-13-5-7-15-11(2)17-13/h5,7-8,14H,3-4,6,9H2,1-2H3,(H,16,18). The first kappa shape index (κ1) is 12.7. The highest BCUT2D eigenvalue weighted by atomic mass is 15.1. The lowest BCUT2D eigenvalue weighted by Gasteiger charge is -2.04. The Morgan fingerprint density at radius 2 is 2.22 bits per heavy atom. The van der Waals surface area contributed by atoms with E-state index in [0.717, 1.165) is 37.4 Å². The Hall–Kier alpha value is -1.75. The number of nitrogens with zero attached hydrogens (tertiary/aromatic N) is 3. The first-order valence-electron chi connectivity index (χ1n) is 6.24. The average molecular weight is 245 g/mol. The van der Waals surface area contributed by atoms with E-state index in [2.05, 4.69) is 32.4 Å². The van der Waals surface area contributed by atoms with Crippen LogP contribution in [-0.4, -0.2) is 26.7 Å². The van der Waals surface area contributed by atoms with Gasteiger partial charge in [-0.05, 0) is 44.9 Å². The maximum atomic E-state index is 4.35. The second-order valence-electron chi connectivity index (χ2n) is 4.40. The fourth-order valence-corrected chi connectivity index (χ4v) is 1.85. The molecule has 2 heterocycles. The third kappa shape index (κ3) is 3.63. The maximum Gasteiger partial charge on any atom is 0.125 e. The average Bonchev–Trinajstić information content (AvgIpc) is 2.75. The Kier molecular flexibility index (Phi) is 4.41. The van der Waals surface area contributed by atoms with Crippen molar-refractivity contribution in [1.82, 2.24) is 25.5 Å². The molecule has 5 nitrogen and oxygen atoms in total. The van der Waals surface area contributed by atoms with Crippen molar-refractivity contribution >= 4 is 0 Å². The monoisotopic (exact) mass is 245 g/mol. The summed E-state index contributed by atoms with van der Waals surface area (Å²) in [6.07, 6.45) is 5.86. The number of hydrogen-bond acceptors (Lipinski definition) is 4. The predicted octanol–water partition coefficient (Wildman–Crippen LogP) is 1.54. The molecule has 2 aromatic heterocycles. The van der Waals surface area contributed by atoms with Gasteiger partial charge in [0.1, 0.15) is 5.82 Å². The summed E-state index contributed by atoms with van der Waals surface area (Å²) in [5.41, 5.74) is 3.51. The largest absolute Gasteiger partial charge is 0.311 e. The minimum Gasteiger partial charge on any atom is -0.311 e. The number of rotatable bonds is 6. The van der Waals surface area contributed by atoms with Gasteiger partial charge in [-0.3, -0.25) is 5.10 Å². The molecule has 0 saturated carbocycles. The van der Waals surface area contributed by atoms with Gasteiger partial charge < -0.3 is 5.32 Å². The van der Waals surface area contributed by atoms with Crippen LogP contribution in [0.4, 0.5) is 0 Å². The van der Waals surface area contributed by atoms with Crippen LogP contribution in [0.1, 0.15) is 29.2 Å². The first-order valence-corrected chi connectivity index (χ1v) is 6.24. The van der Waals surface area contributed by atoms with Crippen LogP contribution in [0.15, 0.2) is 18.5 Å². The molecule has 96 valence electrons. The molecular weight excluding hydrogens is 226 g/mol. The zero-order valence-electron chi connectivity index (χ0n) is 10.9. The molecule has 0 radical (unpaired) electrons. The summed E-state index contributed by atoms with van der Waals surface area (Å²) in [5, 5.41) is 10.4. The van der Waals surface area contributed by atoms with E-state index in [1.54, 1.807) is 6.20 Å². The van der Waals surface area contributed by atoms with Crippen molar-refractivity contribution in [3.8, 4) is 0 Å². The van der Waals surface area contributed by atoms with Gasteiger partial charge in [0.25, 0.3) is 0 Å². The van der Waals surface area contributed by atoms with Crippen LogP contribution < -0.4 is 5.32 Å². The summed E-state index contributed by atoms with van der Waals surface area (Å²) in [6, 6.07) is 1.94. The van der Waals surface area contributed by atoms with E-state index in [1.807, 2.05) is 19.2 Å². The highest BCUT2D eigenvalue weighted by Gasteiger charge is 2.00. The molecule has 2 aromatic rings. The van der Waals surface area contributed by atoms with E-state index in [-0.39, 0.29) is 0 Å². The van der Waals surface area contributed by atoms with Crippen LogP contribution in [0.5, 0.6) is 0 Å². The fraction of sp³-hybridized carbons (Fsp3) is 0.462. The van der Waals surface area contributed by atoms with Crippen LogP contribution in [0.25, 0.3) is 0 Å². The van der Waals surface area contributed by atoms with Crippen LogP contribution in [0, 0.1) is 13.8 Å². The molecule has 18 heavy (non-hydrogen) atoms. The van der Waals surface area contributed by atoms with Gasteiger partial charge in [0.15, 0.2) is 0 Å². The second kappa shape index (κ2) is 6.26. The Labute approximate surface area is 107 Å². The molecule has 0 unspecified atom stereocenters. The van der Waals surface area contributed by atoms with Crippen molar-refractivity contribution in [2.45, 2.75) is 33.2 Å². The highest BCUT2D eigenvalue weighted by Crippen LogP contribution is 2.05. The van der Waals surface area contributed by atoms with Gasteiger partial charge in [0.05, 0.1) is 11.9 Å². The minimum absolute atomic E-state index is 0.799. The smallest absolute Gasteiger partial charge is 0.125 e. The van der Waals surface area contributed by atoms with Crippen LogP contribution in [0.3, 0.4) is 0 Å². The fourth-order valence-electron chi connectivity index (χ4n) is 1.85. The van der Waals surface area contributed by atoms with E-state index in [1.165, 1.54) is 11.3 Å². The third-order valence-corrected chi connectivity index (χ3v) is 2.87. The number of nitrogens with one attached hydrogen (secondary N) is 2. The maximum absolute atomic E-state index is 4.35. The molecule has 0 aliphatic carbocycles. The van der Waals surface area contributed by atoms with Gasteiger partial charge in [-0.2, -0.15) is 5.10 Å². The Balaban J connectivity index is 1.66. The summed E-state index contributed by atoms with van der Waals surface area (Å²) >= 11 is 0. The molecule has 2 rings (SSSR count). The number of hydrogen-bond donors (Lipinski definition) is 2. The predicted molar refractivity (Wildman–Crippen MR) is 70.1 cm³/mol. The van der Waals surface area contributed by atoms with Crippen molar-refractivity contribution in [2.24, 2.45) is 0 Å². The molecule has 2 N–H and O–H groups in total. The molecule has 0 spiro atoms. The number of aromatic nitrogens is 4. The van der Waals surface area contributed by atoms with Crippen molar-refractivity contribution in [3.05, 3.63) is 41.2 Å².